The van der Waals surface area contributed by atoms with Crippen LogP contribution in [-0.2, 0) is 30.6 Å². The van der Waals surface area contributed by atoms with Crippen molar-refractivity contribution < 1.29 is 24.1 Å². The maximum absolute atomic E-state index is 15.3. The predicted octanol–water partition coefficient (Wildman–Crippen LogP) is 6.56. The van der Waals surface area contributed by atoms with Crippen LogP contribution in [0.25, 0.3) is 22.3 Å². The Hall–Kier alpha value is -4.37. The van der Waals surface area contributed by atoms with E-state index in [9.17, 15) is 9.90 Å². The highest BCUT2D eigenvalue weighted by Gasteiger charge is 2.25. The van der Waals surface area contributed by atoms with Gasteiger partial charge in [0.2, 0.25) is 0 Å². The van der Waals surface area contributed by atoms with E-state index in [1.807, 2.05) is 32.9 Å². The second kappa shape index (κ2) is 12.9. The standard InChI is InChI=1S/C32H31FN4O3.C4H10O/c1-18-11-28(35-17-34-18)37-9-8-21-12-22(6-7-24(21)16-37)30-20(3)36-19(2)26(15-29(38)39)31(30)25-13-23-5-4-10-40-32(23)27(33)14-25;1-4(2,3)5/h6-7,11-14,17H,4-5,8-10,15-16H2,1-3H3,(H,38,39);5H,1-3H3. The second-order valence-corrected chi connectivity index (χ2v) is 12.8. The van der Waals surface area contributed by atoms with Crippen LogP contribution in [0.15, 0.2) is 42.7 Å². The highest BCUT2D eigenvalue weighted by atomic mass is 19.1. The van der Waals surface area contributed by atoms with Crippen molar-refractivity contribution in [3.63, 3.8) is 0 Å². The van der Waals surface area contributed by atoms with Gasteiger partial charge in [-0.15, -0.1) is 0 Å². The Labute approximate surface area is 264 Å². The smallest absolute Gasteiger partial charge is 0.307 e. The number of hydrogen-bond acceptors (Lipinski definition) is 7. The molecule has 2 aliphatic heterocycles. The summed E-state index contributed by atoms with van der Waals surface area (Å²) in [5.41, 5.74) is 8.90. The first-order valence-electron chi connectivity index (χ1n) is 15.3. The lowest BCUT2D eigenvalue weighted by atomic mass is 9.85. The number of ether oxygens (including phenoxy) is 1. The monoisotopic (exact) mass is 612 g/mol. The molecule has 9 heteroatoms. The Bertz CT molecular complexity index is 1740. The van der Waals surface area contributed by atoms with Gasteiger partial charge in [-0.05, 0) is 112 Å². The largest absolute Gasteiger partial charge is 0.490 e. The molecule has 6 rings (SSSR count). The molecule has 4 aromatic rings. The number of pyridine rings is 1. The number of aliphatic carboxylic acids is 1. The van der Waals surface area contributed by atoms with Crippen molar-refractivity contribution in [1.29, 1.82) is 0 Å². The molecule has 0 saturated carbocycles. The Kier molecular flexibility index (Phi) is 9.20. The van der Waals surface area contributed by atoms with Gasteiger partial charge in [-0.1, -0.05) is 18.2 Å². The SMILES string of the molecule is CC(C)(C)O.Cc1cc(N2CCc3cc(-c4c(C)nc(C)c(CC(=O)O)c4-c4cc(F)c5c(c4)CCCO5)ccc3C2)ncn1. The quantitative estimate of drug-likeness (QED) is 0.261. The molecular formula is C36H41FN4O4. The fraction of sp³-hybridized carbons (Fsp3) is 0.389. The lowest BCUT2D eigenvalue weighted by Gasteiger charge is -2.30. The van der Waals surface area contributed by atoms with Crippen LogP contribution in [0.5, 0.6) is 5.75 Å². The summed E-state index contributed by atoms with van der Waals surface area (Å²) in [6, 6.07) is 11.8. The summed E-state index contributed by atoms with van der Waals surface area (Å²) >= 11 is 0. The fourth-order valence-electron chi connectivity index (χ4n) is 6.02. The van der Waals surface area contributed by atoms with Crippen molar-refractivity contribution in [3.8, 4) is 28.0 Å². The van der Waals surface area contributed by atoms with Crippen molar-refractivity contribution in [2.45, 2.75) is 79.4 Å². The normalized spacial score (nSPS) is 14.1. The molecule has 8 nitrogen and oxygen atoms in total. The van der Waals surface area contributed by atoms with E-state index >= 15 is 4.39 Å². The van der Waals surface area contributed by atoms with Gasteiger partial charge in [0.25, 0.3) is 0 Å². The van der Waals surface area contributed by atoms with Gasteiger partial charge in [-0.2, -0.15) is 0 Å². The van der Waals surface area contributed by atoms with Gasteiger partial charge in [0.1, 0.15) is 12.1 Å². The molecule has 0 spiro atoms. The molecule has 2 aromatic carbocycles. The van der Waals surface area contributed by atoms with E-state index in [0.717, 1.165) is 65.4 Å². The van der Waals surface area contributed by atoms with E-state index in [-0.39, 0.29) is 6.42 Å². The molecule has 4 heterocycles. The second-order valence-electron chi connectivity index (χ2n) is 12.8. The van der Waals surface area contributed by atoms with Crippen LogP contribution >= 0.6 is 0 Å². The maximum Gasteiger partial charge on any atom is 0.307 e. The molecule has 2 aliphatic rings. The lowest BCUT2D eigenvalue weighted by molar-refractivity contribution is -0.136. The first kappa shape index (κ1) is 32.0. The number of rotatable bonds is 5. The summed E-state index contributed by atoms with van der Waals surface area (Å²) in [6.45, 7) is 13.0. The molecule has 0 atom stereocenters. The zero-order chi connectivity index (χ0) is 32.5. The summed E-state index contributed by atoms with van der Waals surface area (Å²) in [5, 5.41) is 18.3. The van der Waals surface area contributed by atoms with E-state index in [4.69, 9.17) is 14.8 Å². The number of aryl methyl sites for hydroxylation is 4. The van der Waals surface area contributed by atoms with E-state index in [0.29, 0.717) is 35.6 Å². The molecule has 0 bridgehead atoms. The number of aromatic nitrogens is 3. The van der Waals surface area contributed by atoms with Gasteiger partial charge in [-0.3, -0.25) is 9.78 Å². The van der Waals surface area contributed by atoms with E-state index in [2.05, 4.69) is 33.1 Å². The first-order valence-corrected chi connectivity index (χ1v) is 15.3. The van der Waals surface area contributed by atoms with Gasteiger partial charge in [0, 0.05) is 41.8 Å². The number of halogens is 1. The van der Waals surface area contributed by atoms with Crippen LogP contribution in [0, 0.1) is 26.6 Å². The number of anilines is 1. The van der Waals surface area contributed by atoms with Crippen molar-refractivity contribution >= 4 is 11.8 Å². The number of carboxylic acid groups (broad SMARTS) is 1. The van der Waals surface area contributed by atoms with Crippen LogP contribution in [0.2, 0.25) is 0 Å². The third kappa shape index (κ3) is 7.48. The van der Waals surface area contributed by atoms with Crippen molar-refractivity contribution in [1.82, 2.24) is 15.0 Å². The van der Waals surface area contributed by atoms with Crippen molar-refractivity contribution in [2.75, 3.05) is 18.1 Å². The van der Waals surface area contributed by atoms with Crippen molar-refractivity contribution in [2.24, 2.45) is 0 Å². The molecule has 0 aliphatic carbocycles. The zero-order valence-electron chi connectivity index (χ0n) is 26.9. The minimum absolute atomic E-state index is 0.200. The summed E-state index contributed by atoms with van der Waals surface area (Å²) < 4.78 is 20.9. The molecule has 2 aromatic heterocycles. The molecule has 0 unspecified atom stereocenters. The predicted molar refractivity (Wildman–Crippen MR) is 173 cm³/mol. The minimum Gasteiger partial charge on any atom is -0.490 e. The highest BCUT2D eigenvalue weighted by Crippen LogP contribution is 2.42. The van der Waals surface area contributed by atoms with E-state index in [1.165, 1.54) is 17.2 Å². The maximum atomic E-state index is 15.3. The Morgan fingerprint density at radius 1 is 0.956 bits per heavy atom. The number of carbonyl (C=O) groups is 1. The average Bonchev–Trinajstić information content (AvgIpc) is 2.97. The average molecular weight is 613 g/mol. The third-order valence-corrected chi connectivity index (χ3v) is 7.88. The number of nitrogens with zero attached hydrogens (tertiary/aromatic N) is 4. The highest BCUT2D eigenvalue weighted by molar-refractivity contribution is 5.90. The topological polar surface area (TPSA) is 109 Å². The Morgan fingerprint density at radius 3 is 2.40 bits per heavy atom. The van der Waals surface area contributed by atoms with Crippen LogP contribution in [0.1, 0.15) is 66.5 Å². The summed E-state index contributed by atoms with van der Waals surface area (Å²) in [7, 11) is 0. The van der Waals surface area contributed by atoms with Crippen molar-refractivity contribution in [3.05, 3.63) is 87.9 Å². The third-order valence-electron chi connectivity index (χ3n) is 7.88. The minimum atomic E-state index is -0.951. The van der Waals surface area contributed by atoms with E-state index in [1.54, 1.807) is 27.1 Å². The zero-order valence-corrected chi connectivity index (χ0v) is 26.9. The van der Waals surface area contributed by atoms with Gasteiger partial charge in [-0.25, -0.2) is 14.4 Å². The molecule has 0 saturated heterocycles. The number of fused-ring (bicyclic) bond motifs is 2. The summed E-state index contributed by atoms with van der Waals surface area (Å²) in [5.74, 6) is -0.152. The molecule has 0 radical (unpaired) electrons. The van der Waals surface area contributed by atoms with E-state index < -0.39 is 17.4 Å². The fourth-order valence-corrected chi connectivity index (χ4v) is 6.02. The first-order chi connectivity index (χ1) is 21.3. The Balaban J connectivity index is 0.000000743. The van der Waals surface area contributed by atoms with Crippen LogP contribution < -0.4 is 9.64 Å². The van der Waals surface area contributed by atoms with Gasteiger partial charge >= 0.3 is 5.97 Å². The van der Waals surface area contributed by atoms with Crippen LogP contribution in [-0.4, -0.2) is 49.9 Å². The van der Waals surface area contributed by atoms with Crippen LogP contribution in [0.3, 0.4) is 0 Å². The number of aliphatic hydroxyl groups is 1. The van der Waals surface area contributed by atoms with Gasteiger partial charge in [0.05, 0.1) is 18.6 Å². The molecule has 45 heavy (non-hydrogen) atoms. The molecule has 0 fully saturated rings. The molecular weight excluding hydrogens is 571 g/mol. The molecule has 2 N–H and O–H groups in total. The number of hydrogen-bond donors (Lipinski definition) is 2. The Morgan fingerprint density at radius 2 is 1.69 bits per heavy atom. The lowest BCUT2D eigenvalue weighted by Crippen LogP contribution is -2.31. The van der Waals surface area contributed by atoms with Gasteiger partial charge in [0.15, 0.2) is 11.6 Å². The molecule has 0 amide bonds. The number of carboxylic acids is 1. The summed E-state index contributed by atoms with van der Waals surface area (Å²) in [4.78, 5) is 27.7. The van der Waals surface area contributed by atoms with Gasteiger partial charge < -0.3 is 19.8 Å². The summed E-state index contributed by atoms with van der Waals surface area (Å²) in [6.07, 6.45) is 3.77. The molecule has 236 valence electrons. The van der Waals surface area contributed by atoms with Crippen LogP contribution in [0.4, 0.5) is 10.2 Å². The number of benzene rings is 2.